The van der Waals surface area contributed by atoms with E-state index in [1.54, 1.807) is 19.9 Å². The molecule has 1 nitrogen and oxygen atoms in total. The van der Waals surface area contributed by atoms with E-state index >= 15 is 0 Å². The van der Waals surface area contributed by atoms with Crippen LogP contribution in [-0.2, 0) is 24.9 Å². The summed E-state index contributed by atoms with van der Waals surface area (Å²) in [5.41, 5.74) is 4.12. The van der Waals surface area contributed by atoms with Crippen molar-refractivity contribution in [1.82, 2.24) is 0 Å². The van der Waals surface area contributed by atoms with Gasteiger partial charge < -0.3 is 5.11 Å². The molecule has 0 radical (unpaired) electrons. The van der Waals surface area contributed by atoms with E-state index in [2.05, 4.69) is 18.2 Å². The predicted octanol–water partition coefficient (Wildman–Crippen LogP) is 4.07. The lowest BCUT2D eigenvalue weighted by molar-refractivity contribution is 0.0572. The summed E-state index contributed by atoms with van der Waals surface area (Å²) in [5.74, 6) is -0.262. The molecule has 1 aliphatic rings. The molecule has 1 N–H and O–H groups in total. The van der Waals surface area contributed by atoms with Gasteiger partial charge in [0.05, 0.1) is 5.60 Å². The van der Waals surface area contributed by atoms with Crippen LogP contribution in [0.4, 0.5) is 4.39 Å². The molecule has 0 spiro atoms. The lowest BCUT2D eigenvalue weighted by Gasteiger charge is -2.24. The summed E-state index contributed by atoms with van der Waals surface area (Å²) < 4.78 is 13.7. The number of hydrogen-bond acceptors (Lipinski definition) is 1. The maximum atomic E-state index is 13.7. The summed E-state index contributed by atoms with van der Waals surface area (Å²) in [5, 5.41) is 10.7. The maximum Gasteiger partial charge on any atom is 0.126 e. The van der Waals surface area contributed by atoms with Crippen LogP contribution in [0.1, 0.15) is 41.2 Å². The van der Waals surface area contributed by atoms with E-state index in [0.717, 1.165) is 18.4 Å². The molecule has 0 amide bonds. The summed E-state index contributed by atoms with van der Waals surface area (Å²) in [7, 11) is 0. The predicted molar refractivity (Wildman–Crippen MR) is 82.9 cm³/mol. The Bertz CT molecular complexity index is 673. The minimum Gasteiger partial charge on any atom is -0.385 e. The molecule has 21 heavy (non-hydrogen) atoms. The van der Waals surface area contributed by atoms with Crippen LogP contribution < -0.4 is 0 Å². The molecular formula is C19H21FO. The highest BCUT2D eigenvalue weighted by Crippen LogP contribution is 2.29. The smallest absolute Gasteiger partial charge is 0.126 e. The van der Waals surface area contributed by atoms with Gasteiger partial charge in [0.25, 0.3) is 0 Å². The van der Waals surface area contributed by atoms with Gasteiger partial charge in [0.1, 0.15) is 5.82 Å². The zero-order chi connectivity index (χ0) is 15.0. The Morgan fingerprint density at radius 2 is 1.86 bits per heavy atom. The van der Waals surface area contributed by atoms with E-state index < -0.39 is 5.60 Å². The molecule has 0 saturated heterocycles. The van der Waals surface area contributed by atoms with Crippen molar-refractivity contribution in [2.75, 3.05) is 0 Å². The van der Waals surface area contributed by atoms with Gasteiger partial charge in [-0.1, -0.05) is 30.3 Å². The third-order valence-corrected chi connectivity index (χ3v) is 4.50. The first kappa shape index (κ1) is 14.3. The molecule has 2 heteroatoms. The molecule has 3 rings (SSSR count). The summed E-state index contributed by atoms with van der Waals surface area (Å²) in [6.45, 7) is 3.48. The number of fused-ring (bicyclic) bond motifs is 1. The minimum atomic E-state index is -1.05. The van der Waals surface area contributed by atoms with Crippen molar-refractivity contribution in [3.05, 3.63) is 70.0 Å². The van der Waals surface area contributed by atoms with Crippen molar-refractivity contribution >= 4 is 0 Å². The molecule has 1 unspecified atom stereocenters. The van der Waals surface area contributed by atoms with E-state index in [9.17, 15) is 9.50 Å². The number of benzene rings is 2. The second-order valence-electron chi connectivity index (χ2n) is 6.37. The van der Waals surface area contributed by atoms with Crippen LogP contribution in [0, 0.1) is 12.7 Å². The summed E-state index contributed by atoms with van der Waals surface area (Å²) in [4.78, 5) is 0. The van der Waals surface area contributed by atoms with Gasteiger partial charge in [0.2, 0.25) is 0 Å². The van der Waals surface area contributed by atoms with Gasteiger partial charge in [-0.2, -0.15) is 0 Å². The zero-order valence-corrected chi connectivity index (χ0v) is 12.6. The quantitative estimate of drug-likeness (QED) is 0.900. The molecular weight excluding hydrogens is 263 g/mol. The molecule has 0 saturated carbocycles. The maximum absolute atomic E-state index is 13.7. The third kappa shape index (κ3) is 2.86. The van der Waals surface area contributed by atoms with E-state index in [0.29, 0.717) is 17.5 Å². The molecule has 1 aliphatic carbocycles. The van der Waals surface area contributed by atoms with Crippen molar-refractivity contribution in [2.45, 2.75) is 45.1 Å². The van der Waals surface area contributed by atoms with Crippen molar-refractivity contribution in [3.8, 4) is 0 Å². The first-order chi connectivity index (χ1) is 9.95. The average molecular weight is 284 g/mol. The van der Waals surface area contributed by atoms with E-state index in [-0.39, 0.29) is 5.82 Å². The number of aryl methyl sites for hydroxylation is 3. The first-order valence-electron chi connectivity index (χ1n) is 7.55. The molecule has 0 bridgehead atoms. The Hall–Kier alpha value is -1.67. The van der Waals surface area contributed by atoms with Gasteiger partial charge in [-0.25, -0.2) is 4.39 Å². The second kappa shape index (κ2) is 5.27. The Balaban J connectivity index is 1.86. The summed E-state index contributed by atoms with van der Waals surface area (Å²) in [6, 6.07) is 11.4. The fourth-order valence-electron chi connectivity index (χ4n) is 3.16. The fraction of sp³-hybridized carbons (Fsp3) is 0.368. The van der Waals surface area contributed by atoms with Gasteiger partial charge in [-0.15, -0.1) is 0 Å². The van der Waals surface area contributed by atoms with Crippen LogP contribution in [0.25, 0.3) is 0 Å². The van der Waals surface area contributed by atoms with Gasteiger partial charge in [0, 0.05) is 6.42 Å². The third-order valence-electron chi connectivity index (χ3n) is 4.50. The minimum absolute atomic E-state index is 0.262. The van der Waals surface area contributed by atoms with Crippen molar-refractivity contribution < 1.29 is 9.50 Å². The van der Waals surface area contributed by atoms with Crippen LogP contribution in [0.3, 0.4) is 0 Å². The first-order valence-corrected chi connectivity index (χ1v) is 7.55. The monoisotopic (exact) mass is 284 g/mol. The standard InChI is InChI=1S/C19H21FO/c1-13-6-9-17(11-18(13)20)19(2,21)12-14-7-8-15-4-3-5-16(15)10-14/h6-11,21H,3-5,12H2,1-2H3. The molecule has 0 aromatic heterocycles. The van der Waals surface area contributed by atoms with E-state index in [1.807, 2.05) is 6.07 Å². The average Bonchev–Trinajstić information content (AvgIpc) is 2.88. The van der Waals surface area contributed by atoms with Gasteiger partial charge in [-0.3, -0.25) is 0 Å². The zero-order valence-electron chi connectivity index (χ0n) is 12.6. The molecule has 0 aliphatic heterocycles. The number of halogens is 1. The Morgan fingerprint density at radius 1 is 1.10 bits per heavy atom. The normalized spacial score (nSPS) is 16.6. The van der Waals surface area contributed by atoms with Crippen LogP contribution in [0.15, 0.2) is 36.4 Å². The molecule has 2 aromatic rings. The topological polar surface area (TPSA) is 20.2 Å². The van der Waals surface area contributed by atoms with Crippen molar-refractivity contribution in [3.63, 3.8) is 0 Å². The molecule has 0 heterocycles. The summed E-state index contributed by atoms with van der Waals surface area (Å²) in [6.07, 6.45) is 4.01. The molecule has 2 aromatic carbocycles. The Labute approximate surface area is 125 Å². The van der Waals surface area contributed by atoms with Crippen LogP contribution >= 0.6 is 0 Å². The number of rotatable bonds is 3. The van der Waals surface area contributed by atoms with Crippen LogP contribution in [0.5, 0.6) is 0 Å². The SMILES string of the molecule is Cc1ccc(C(C)(O)Cc2ccc3c(c2)CCC3)cc1F. The van der Waals surface area contributed by atoms with E-state index in [1.165, 1.54) is 23.6 Å². The lowest BCUT2D eigenvalue weighted by atomic mass is 9.87. The van der Waals surface area contributed by atoms with Gasteiger partial charge in [0.15, 0.2) is 0 Å². The number of aliphatic hydroxyl groups is 1. The number of hydrogen-bond donors (Lipinski definition) is 1. The van der Waals surface area contributed by atoms with E-state index in [4.69, 9.17) is 0 Å². The summed E-state index contributed by atoms with van der Waals surface area (Å²) >= 11 is 0. The highest BCUT2D eigenvalue weighted by molar-refractivity contribution is 5.37. The van der Waals surface area contributed by atoms with Crippen LogP contribution in [-0.4, -0.2) is 5.11 Å². The largest absolute Gasteiger partial charge is 0.385 e. The molecule has 1 atom stereocenters. The van der Waals surface area contributed by atoms with Gasteiger partial charge >= 0.3 is 0 Å². The molecule has 0 fully saturated rings. The van der Waals surface area contributed by atoms with Gasteiger partial charge in [-0.05, 0) is 67.0 Å². The highest BCUT2D eigenvalue weighted by Gasteiger charge is 2.25. The Morgan fingerprint density at radius 3 is 2.62 bits per heavy atom. The second-order valence-corrected chi connectivity index (χ2v) is 6.37. The Kier molecular flexibility index (Phi) is 3.58. The van der Waals surface area contributed by atoms with Crippen molar-refractivity contribution in [2.24, 2.45) is 0 Å². The fourth-order valence-corrected chi connectivity index (χ4v) is 3.16. The lowest BCUT2D eigenvalue weighted by Crippen LogP contribution is -2.24. The highest BCUT2D eigenvalue weighted by atomic mass is 19.1. The van der Waals surface area contributed by atoms with Crippen molar-refractivity contribution in [1.29, 1.82) is 0 Å². The molecule has 110 valence electrons. The van der Waals surface area contributed by atoms with Crippen LogP contribution in [0.2, 0.25) is 0 Å².